The maximum absolute atomic E-state index is 12.2. The summed E-state index contributed by atoms with van der Waals surface area (Å²) in [6.07, 6.45) is 1.43. The van der Waals surface area contributed by atoms with Gasteiger partial charge in [-0.15, -0.1) is 0 Å². The van der Waals surface area contributed by atoms with Crippen LogP contribution in [0.15, 0.2) is 47.1 Å². The molecule has 0 spiro atoms. The van der Waals surface area contributed by atoms with E-state index in [-0.39, 0.29) is 24.1 Å². The highest BCUT2D eigenvalue weighted by Crippen LogP contribution is 2.09. The molecule has 0 unspecified atom stereocenters. The Bertz CT molecular complexity index is 725. The van der Waals surface area contributed by atoms with Crippen molar-refractivity contribution in [2.75, 3.05) is 32.7 Å². The molecule has 25 heavy (non-hydrogen) atoms. The molecular weight excluding hydrogens is 342 g/mol. The number of carbonyl (C=O) groups excluding carboxylic acids is 2. The Labute approximate surface area is 151 Å². The fourth-order valence-electron chi connectivity index (χ4n) is 2.95. The van der Waals surface area contributed by atoms with Crippen LogP contribution < -0.4 is 10.2 Å². The molecule has 1 fully saturated rings. The van der Waals surface area contributed by atoms with E-state index in [0.29, 0.717) is 13.1 Å². The minimum absolute atomic E-state index is 0.0108. The van der Waals surface area contributed by atoms with E-state index in [4.69, 9.17) is 16.0 Å². The average molecular weight is 363 g/mol. The summed E-state index contributed by atoms with van der Waals surface area (Å²) in [6.45, 7) is 4.02. The SMILES string of the molecule is O=C(NCC(=O)N1CC[NH+](Cc2cccc(Cl)c2)CC1)c1ccco1. The van der Waals surface area contributed by atoms with Gasteiger partial charge in [-0.1, -0.05) is 23.7 Å². The van der Waals surface area contributed by atoms with Crippen LogP contribution in [0.1, 0.15) is 16.1 Å². The molecule has 7 heteroatoms. The number of nitrogens with one attached hydrogen (secondary N) is 2. The van der Waals surface area contributed by atoms with Gasteiger partial charge in [-0.3, -0.25) is 9.59 Å². The predicted molar refractivity (Wildman–Crippen MR) is 93.5 cm³/mol. The first-order valence-corrected chi connectivity index (χ1v) is 8.67. The molecule has 3 rings (SSSR count). The zero-order valence-electron chi connectivity index (χ0n) is 13.8. The lowest BCUT2D eigenvalue weighted by Crippen LogP contribution is -3.13. The zero-order valence-corrected chi connectivity index (χ0v) is 14.6. The van der Waals surface area contributed by atoms with E-state index in [9.17, 15) is 9.59 Å². The van der Waals surface area contributed by atoms with E-state index >= 15 is 0 Å². The lowest BCUT2D eigenvalue weighted by Gasteiger charge is -2.32. The van der Waals surface area contributed by atoms with Crippen molar-refractivity contribution >= 4 is 23.4 Å². The number of nitrogens with zero attached hydrogens (tertiary/aromatic N) is 1. The first-order valence-electron chi connectivity index (χ1n) is 8.29. The highest BCUT2D eigenvalue weighted by atomic mass is 35.5. The van der Waals surface area contributed by atoms with E-state index < -0.39 is 0 Å². The van der Waals surface area contributed by atoms with Gasteiger partial charge in [-0.05, 0) is 24.3 Å². The second-order valence-electron chi connectivity index (χ2n) is 6.10. The van der Waals surface area contributed by atoms with Crippen molar-refractivity contribution in [3.8, 4) is 0 Å². The topological polar surface area (TPSA) is 67.0 Å². The van der Waals surface area contributed by atoms with Crippen LogP contribution in [-0.4, -0.2) is 49.4 Å². The summed E-state index contributed by atoms with van der Waals surface area (Å²) in [5.74, 6) is -0.228. The minimum Gasteiger partial charge on any atom is -0.459 e. The monoisotopic (exact) mass is 362 g/mol. The van der Waals surface area contributed by atoms with Gasteiger partial charge in [0.05, 0.1) is 39.0 Å². The Hall–Kier alpha value is -2.31. The molecule has 1 aromatic carbocycles. The number of halogens is 1. The molecule has 0 saturated carbocycles. The molecule has 1 aromatic heterocycles. The Morgan fingerprint density at radius 3 is 2.68 bits per heavy atom. The summed E-state index contributed by atoms with van der Waals surface area (Å²) in [7, 11) is 0. The smallest absolute Gasteiger partial charge is 0.287 e. The van der Waals surface area contributed by atoms with E-state index in [1.54, 1.807) is 17.0 Å². The fourth-order valence-corrected chi connectivity index (χ4v) is 3.16. The molecule has 1 saturated heterocycles. The van der Waals surface area contributed by atoms with Gasteiger partial charge in [-0.25, -0.2) is 0 Å². The fraction of sp³-hybridized carbons (Fsp3) is 0.333. The predicted octanol–water partition coefficient (Wildman–Crippen LogP) is 0.590. The largest absolute Gasteiger partial charge is 0.459 e. The van der Waals surface area contributed by atoms with Crippen molar-refractivity contribution in [1.29, 1.82) is 0 Å². The maximum Gasteiger partial charge on any atom is 0.287 e. The number of piperazine rings is 1. The van der Waals surface area contributed by atoms with Crippen LogP contribution >= 0.6 is 11.6 Å². The van der Waals surface area contributed by atoms with Gasteiger partial charge in [0.15, 0.2) is 5.76 Å². The molecule has 0 radical (unpaired) electrons. The Morgan fingerprint density at radius 1 is 1.20 bits per heavy atom. The summed E-state index contributed by atoms with van der Waals surface area (Å²) in [5, 5.41) is 3.34. The van der Waals surface area contributed by atoms with Gasteiger partial charge >= 0.3 is 0 Å². The molecule has 1 aliphatic heterocycles. The first-order chi connectivity index (χ1) is 12.1. The minimum atomic E-state index is -0.372. The van der Waals surface area contributed by atoms with Crippen molar-refractivity contribution in [3.05, 3.63) is 59.0 Å². The van der Waals surface area contributed by atoms with Gasteiger partial charge < -0.3 is 19.5 Å². The third-order valence-electron chi connectivity index (χ3n) is 4.31. The third-order valence-corrected chi connectivity index (χ3v) is 4.55. The number of carbonyl (C=O) groups is 2. The maximum atomic E-state index is 12.2. The molecule has 1 aliphatic rings. The second kappa shape index (κ2) is 8.18. The van der Waals surface area contributed by atoms with E-state index in [1.807, 2.05) is 18.2 Å². The van der Waals surface area contributed by atoms with Gasteiger partial charge in [-0.2, -0.15) is 0 Å². The molecule has 132 valence electrons. The number of rotatable bonds is 5. The summed E-state index contributed by atoms with van der Waals surface area (Å²) < 4.78 is 5.00. The summed E-state index contributed by atoms with van der Waals surface area (Å²) in [6, 6.07) is 11.1. The Kier molecular flexibility index (Phi) is 5.73. The Morgan fingerprint density at radius 2 is 2.00 bits per heavy atom. The summed E-state index contributed by atoms with van der Waals surface area (Å²) >= 11 is 6.02. The van der Waals surface area contributed by atoms with Crippen LogP contribution in [0, 0.1) is 0 Å². The third kappa shape index (κ3) is 4.84. The van der Waals surface area contributed by atoms with Crippen LogP contribution in [0.25, 0.3) is 0 Å². The highest BCUT2D eigenvalue weighted by molar-refractivity contribution is 6.30. The van der Waals surface area contributed by atoms with Crippen molar-refractivity contribution in [2.24, 2.45) is 0 Å². The Balaban J connectivity index is 1.42. The normalized spacial score (nSPS) is 15.2. The van der Waals surface area contributed by atoms with E-state index in [0.717, 1.165) is 24.7 Å². The summed E-state index contributed by atoms with van der Waals surface area (Å²) in [5.41, 5.74) is 1.20. The number of furan rings is 1. The van der Waals surface area contributed by atoms with Crippen LogP contribution in [0.2, 0.25) is 5.02 Å². The zero-order chi connectivity index (χ0) is 17.6. The molecule has 2 amide bonds. The molecule has 2 N–H and O–H groups in total. The van der Waals surface area contributed by atoms with Crippen molar-refractivity contribution in [3.63, 3.8) is 0 Å². The van der Waals surface area contributed by atoms with Gasteiger partial charge in [0.2, 0.25) is 5.91 Å². The quantitative estimate of drug-likeness (QED) is 0.818. The molecule has 0 atom stereocenters. The number of hydrogen-bond acceptors (Lipinski definition) is 3. The van der Waals surface area contributed by atoms with E-state index in [2.05, 4.69) is 11.4 Å². The van der Waals surface area contributed by atoms with Crippen LogP contribution in [0.5, 0.6) is 0 Å². The van der Waals surface area contributed by atoms with Gasteiger partial charge in [0.1, 0.15) is 6.54 Å². The highest BCUT2D eigenvalue weighted by Gasteiger charge is 2.24. The standard InChI is InChI=1S/C18H20ClN3O3/c19-15-4-1-3-14(11-15)13-21-6-8-22(9-7-21)17(23)12-20-18(24)16-5-2-10-25-16/h1-5,10-11H,6-9,12-13H2,(H,20,24)/p+1. The molecule has 2 heterocycles. The van der Waals surface area contributed by atoms with Crippen molar-refractivity contribution < 1.29 is 18.9 Å². The van der Waals surface area contributed by atoms with Crippen molar-refractivity contribution in [2.45, 2.75) is 6.54 Å². The van der Waals surface area contributed by atoms with E-state index in [1.165, 1.54) is 16.7 Å². The average Bonchev–Trinajstić information content (AvgIpc) is 3.15. The molecule has 0 bridgehead atoms. The van der Waals surface area contributed by atoms with Crippen LogP contribution in [-0.2, 0) is 11.3 Å². The van der Waals surface area contributed by atoms with Crippen LogP contribution in [0.4, 0.5) is 0 Å². The van der Waals surface area contributed by atoms with Gasteiger partial charge in [0.25, 0.3) is 5.91 Å². The lowest BCUT2D eigenvalue weighted by molar-refractivity contribution is -0.917. The number of benzene rings is 1. The number of amides is 2. The number of hydrogen-bond donors (Lipinski definition) is 2. The molecule has 0 aliphatic carbocycles. The van der Waals surface area contributed by atoms with Crippen molar-refractivity contribution in [1.82, 2.24) is 10.2 Å². The lowest BCUT2D eigenvalue weighted by atomic mass is 10.2. The summed E-state index contributed by atoms with van der Waals surface area (Å²) in [4.78, 5) is 27.2. The molecule has 2 aromatic rings. The van der Waals surface area contributed by atoms with Crippen LogP contribution in [0.3, 0.4) is 0 Å². The molecular formula is C18H21ClN3O3+. The first kappa shape index (κ1) is 17.5. The number of quaternary nitrogens is 1. The second-order valence-corrected chi connectivity index (χ2v) is 6.53. The van der Waals surface area contributed by atoms with Gasteiger partial charge in [0, 0.05) is 10.6 Å². The molecule has 6 nitrogen and oxygen atoms in total.